The number of rotatable bonds is 4. The first-order chi connectivity index (χ1) is 8.49. The maximum atomic E-state index is 13.0. The normalized spacial score (nSPS) is 15.2. The van der Waals surface area contributed by atoms with E-state index in [4.69, 9.17) is 5.11 Å². The third-order valence-corrected chi connectivity index (χ3v) is 3.45. The van der Waals surface area contributed by atoms with Gasteiger partial charge in [-0.15, -0.1) is 0 Å². The quantitative estimate of drug-likeness (QED) is 0.895. The summed E-state index contributed by atoms with van der Waals surface area (Å²) in [5, 5.41) is 8.36. The molecule has 1 aliphatic carbocycles. The average Bonchev–Trinajstić information content (AvgIpc) is 2.36. The number of carbonyl (C=O) groups is 1. The highest BCUT2D eigenvalue weighted by molar-refractivity contribution is 5.75. The van der Waals surface area contributed by atoms with Gasteiger partial charge in [-0.2, -0.15) is 8.78 Å². The lowest BCUT2D eigenvalue weighted by atomic mass is 9.89. The molecule has 0 atom stereocenters. The Hall–Kier alpha value is -1.45. The summed E-state index contributed by atoms with van der Waals surface area (Å²) in [6, 6.07) is 5.78. The van der Waals surface area contributed by atoms with Crippen LogP contribution in [0.3, 0.4) is 0 Å². The third kappa shape index (κ3) is 2.86. The highest BCUT2D eigenvalue weighted by Crippen LogP contribution is 2.25. The molecule has 18 heavy (non-hydrogen) atoms. The van der Waals surface area contributed by atoms with Gasteiger partial charge in [-0.3, -0.25) is 0 Å². The summed E-state index contributed by atoms with van der Waals surface area (Å²) < 4.78 is 25.9. The van der Waals surface area contributed by atoms with Crippen LogP contribution in [0, 0.1) is 0 Å². The lowest BCUT2D eigenvalue weighted by molar-refractivity contribution is -0.165. The second-order valence-corrected chi connectivity index (χ2v) is 4.82. The van der Waals surface area contributed by atoms with Crippen molar-refractivity contribution in [1.29, 1.82) is 0 Å². The molecule has 0 fully saturated rings. The number of halogens is 2. The van der Waals surface area contributed by atoms with E-state index in [1.54, 1.807) is 0 Å². The number of alkyl halides is 2. The Balaban J connectivity index is 2.04. The van der Waals surface area contributed by atoms with E-state index in [9.17, 15) is 13.6 Å². The molecule has 1 aromatic carbocycles. The van der Waals surface area contributed by atoms with Crippen molar-refractivity contribution >= 4 is 5.97 Å². The van der Waals surface area contributed by atoms with Gasteiger partial charge in [0.25, 0.3) is 0 Å². The Kier molecular flexibility index (Phi) is 3.64. The molecule has 98 valence electrons. The van der Waals surface area contributed by atoms with Crippen LogP contribution in [-0.2, 0) is 24.1 Å². The summed E-state index contributed by atoms with van der Waals surface area (Å²) in [4.78, 5) is 10.3. The zero-order valence-electron chi connectivity index (χ0n) is 10.1. The highest BCUT2D eigenvalue weighted by atomic mass is 19.3. The van der Waals surface area contributed by atoms with E-state index in [-0.39, 0.29) is 6.42 Å². The van der Waals surface area contributed by atoms with Crippen LogP contribution in [0.15, 0.2) is 18.2 Å². The first kappa shape index (κ1) is 13.0. The molecule has 0 saturated carbocycles. The third-order valence-electron chi connectivity index (χ3n) is 3.45. The van der Waals surface area contributed by atoms with Gasteiger partial charge in [-0.1, -0.05) is 18.2 Å². The molecule has 1 aliphatic rings. The van der Waals surface area contributed by atoms with Gasteiger partial charge in [0.15, 0.2) is 0 Å². The minimum absolute atomic E-state index is 0.104. The molecule has 2 rings (SSSR count). The van der Waals surface area contributed by atoms with Crippen LogP contribution in [-0.4, -0.2) is 17.0 Å². The van der Waals surface area contributed by atoms with Gasteiger partial charge < -0.3 is 5.11 Å². The molecule has 0 aliphatic heterocycles. The van der Waals surface area contributed by atoms with Crippen molar-refractivity contribution in [2.75, 3.05) is 0 Å². The van der Waals surface area contributed by atoms with Crippen LogP contribution in [0.25, 0.3) is 0 Å². The summed E-state index contributed by atoms with van der Waals surface area (Å²) in [5.74, 6) is -5.67. The van der Waals surface area contributed by atoms with Crippen molar-refractivity contribution in [3.63, 3.8) is 0 Å². The molecule has 4 heteroatoms. The Morgan fingerprint density at radius 2 is 1.89 bits per heavy atom. The standard InChI is InChI=1S/C14H16F2O2/c15-14(16,13(17)18)8-7-10-5-6-11-3-1-2-4-12(11)9-10/h5-6,9H,1-4,7-8H2,(H,17,18). The monoisotopic (exact) mass is 254 g/mol. The largest absolute Gasteiger partial charge is 0.477 e. The van der Waals surface area contributed by atoms with E-state index in [1.807, 2.05) is 18.2 Å². The Morgan fingerprint density at radius 1 is 1.22 bits per heavy atom. The van der Waals surface area contributed by atoms with Crippen LogP contribution in [0.5, 0.6) is 0 Å². The Bertz CT molecular complexity index is 455. The summed E-state index contributed by atoms with van der Waals surface area (Å²) in [6.07, 6.45) is 3.85. The van der Waals surface area contributed by atoms with E-state index in [1.165, 1.54) is 17.5 Å². The molecule has 0 amide bonds. The molecule has 0 aromatic heterocycles. The Labute approximate surface area is 105 Å². The van der Waals surface area contributed by atoms with E-state index < -0.39 is 18.3 Å². The number of carboxylic acids is 1. The number of benzene rings is 1. The molecule has 1 aromatic rings. The fourth-order valence-electron chi connectivity index (χ4n) is 2.35. The topological polar surface area (TPSA) is 37.3 Å². The van der Waals surface area contributed by atoms with Crippen LogP contribution in [0.2, 0.25) is 0 Å². The van der Waals surface area contributed by atoms with Crippen LogP contribution >= 0.6 is 0 Å². The van der Waals surface area contributed by atoms with Crippen molar-refractivity contribution < 1.29 is 18.7 Å². The molecule has 2 nitrogen and oxygen atoms in total. The zero-order chi connectivity index (χ0) is 13.2. The average molecular weight is 254 g/mol. The minimum atomic E-state index is -3.63. The van der Waals surface area contributed by atoms with Crippen molar-refractivity contribution in [3.8, 4) is 0 Å². The zero-order valence-corrected chi connectivity index (χ0v) is 10.1. The second-order valence-electron chi connectivity index (χ2n) is 4.82. The van der Waals surface area contributed by atoms with Gasteiger partial charge in [-0.05, 0) is 48.8 Å². The predicted molar refractivity (Wildman–Crippen MR) is 64.0 cm³/mol. The number of hydrogen-bond donors (Lipinski definition) is 1. The number of fused-ring (bicyclic) bond motifs is 1. The van der Waals surface area contributed by atoms with E-state index in [0.29, 0.717) is 0 Å². The van der Waals surface area contributed by atoms with Gasteiger partial charge in [0.05, 0.1) is 0 Å². The van der Waals surface area contributed by atoms with Crippen molar-refractivity contribution in [2.45, 2.75) is 44.4 Å². The first-order valence-corrected chi connectivity index (χ1v) is 6.21. The van der Waals surface area contributed by atoms with Gasteiger partial charge >= 0.3 is 11.9 Å². The summed E-state index contributed by atoms with van der Waals surface area (Å²) in [6.45, 7) is 0. The van der Waals surface area contributed by atoms with Gasteiger partial charge in [-0.25, -0.2) is 4.79 Å². The summed E-state index contributed by atoms with van der Waals surface area (Å²) >= 11 is 0. The van der Waals surface area contributed by atoms with Gasteiger partial charge in [0.1, 0.15) is 0 Å². The molecule has 0 bridgehead atoms. The van der Waals surface area contributed by atoms with E-state index in [2.05, 4.69) is 0 Å². The smallest absolute Gasteiger partial charge is 0.374 e. The number of hydrogen-bond acceptors (Lipinski definition) is 1. The van der Waals surface area contributed by atoms with Gasteiger partial charge in [0, 0.05) is 6.42 Å². The molecular formula is C14H16F2O2. The van der Waals surface area contributed by atoms with E-state index in [0.717, 1.165) is 24.8 Å². The minimum Gasteiger partial charge on any atom is -0.477 e. The molecule has 0 spiro atoms. The first-order valence-electron chi connectivity index (χ1n) is 6.21. The van der Waals surface area contributed by atoms with Crippen molar-refractivity contribution in [1.82, 2.24) is 0 Å². The summed E-state index contributed by atoms with van der Waals surface area (Å²) in [7, 11) is 0. The van der Waals surface area contributed by atoms with Crippen molar-refractivity contribution in [3.05, 3.63) is 34.9 Å². The molecule has 0 saturated heterocycles. The number of carboxylic acid groups (broad SMARTS) is 1. The predicted octanol–water partition coefficient (Wildman–Crippen LogP) is 3.22. The number of aryl methyl sites for hydroxylation is 3. The maximum Gasteiger partial charge on any atom is 0.374 e. The lowest BCUT2D eigenvalue weighted by Crippen LogP contribution is -2.28. The lowest BCUT2D eigenvalue weighted by Gasteiger charge is -2.17. The fourth-order valence-corrected chi connectivity index (χ4v) is 2.35. The van der Waals surface area contributed by atoms with E-state index >= 15 is 0 Å². The second kappa shape index (κ2) is 5.04. The van der Waals surface area contributed by atoms with Crippen LogP contribution in [0.1, 0.15) is 36.0 Å². The Morgan fingerprint density at radius 3 is 2.56 bits per heavy atom. The van der Waals surface area contributed by atoms with Crippen molar-refractivity contribution in [2.24, 2.45) is 0 Å². The fraction of sp³-hybridized carbons (Fsp3) is 0.500. The molecular weight excluding hydrogens is 238 g/mol. The van der Waals surface area contributed by atoms with Gasteiger partial charge in [0.2, 0.25) is 0 Å². The maximum absolute atomic E-state index is 13.0. The molecule has 0 unspecified atom stereocenters. The van der Waals surface area contributed by atoms with Crippen LogP contribution in [0.4, 0.5) is 8.78 Å². The number of aliphatic carboxylic acids is 1. The summed E-state index contributed by atoms with van der Waals surface area (Å²) in [5.41, 5.74) is 3.34. The van der Waals surface area contributed by atoms with Crippen LogP contribution < -0.4 is 0 Å². The molecule has 0 heterocycles. The SMILES string of the molecule is O=C(O)C(F)(F)CCc1ccc2c(c1)CCCC2. The molecule has 1 N–H and O–H groups in total. The molecule has 0 radical (unpaired) electrons. The highest BCUT2D eigenvalue weighted by Gasteiger charge is 2.37.